The lowest BCUT2D eigenvalue weighted by Crippen LogP contribution is -2.24. The molecule has 1 aromatic rings. The topological polar surface area (TPSA) is 77.8 Å². The van der Waals surface area contributed by atoms with Gasteiger partial charge < -0.3 is 11.5 Å². The Balaban J connectivity index is 2.72. The predicted octanol–water partition coefficient (Wildman–Crippen LogP) is 1.03. The summed E-state index contributed by atoms with van der Waals surface area (Å²) >= 11 is 0. The summed E-state index contributed by atoms with van der Waals surface area (Å²) in [5.41, 5.74) is 12.6. The molecule has 0 radical (unpaired) electrons. The first-order valence-electron chi connectivity index (χ1n) is 5.36. The van der Waals surface area contributed by atoms with Crippen LogP contribution >= 0.6 is 0 Å². The molecule has 1 rings (SSSR count). The molecule has 0 spiro atoms. The molecule has 0 saturated carbocycles. The van der Waals surface area contributed by atoms with Crippen LogP contribution in [0.5, 0.6) is 0 Å². The molecule has 84 valence electrons. The van der Waals surface area contributed by atoms with Crippen molar-refractivity contribution in [3.63, 3.8) is 0 Å². The number of nitrogens with two attached hydrogens (primary N) is 2. The first kappa shape index (κ1) is 12.1. The van der Waals surface area contributed by atoms with E-state index >= 15 is 0 Å². The van der Waals surface area contributed by atoms with Crippen molar-refractivity contribution in [1.82, 2.24) is 9.97 Å². The summed E-state index contributed by atoms with van der Waals surface area (Å²) in [5.74, 6) is 0.318. The monoisotopic (exact) mass is 208 g/mol. The third-order valence-corrected chi connectivity index (χ3v) is 2.31. The Kier molecular flexibility index (Phi) is 4.65. The van der Waals surface area contributed by atoms with Crippen molar-refractivity contribution >= 4 is 0 Å². The zero-order valence-corrected chi connectivity index (χ0v) is 9.43. The van der Waals surface area contributed by atoms with E-state index in [-0.39, 0.29) is 12.1 Å². The molecule has 2 atom stereocenters. The highest BCUT2D eigenvalue weighted by atomic mass is 14.8. The maximum absolute atomic E-state index is 5.82. The zero-order valence-electron chi connectivity index (χ0n) is 9.43. The van der Waals surface area contributed by atoms with Gasteiger partial charge in [-0.1, -0.05) is 0 Å². The first-order valence-corrected chi connectivity index (χ1v) is 5.36. The Hall–Kier alpha value is -1.00. The van der Waals surface area contributed by atoms with Gasteiger partial charge in [-0.3, -0.25) is 9.97 Å². The fourth-order valence-electron chi connectivity index (χ4n) is 1.76. The Morgan fingerprint density at radius 1 is 1.13 bits per heavy atom. The highest BCUT2D eigenvalue weighted by molar-refractivity contribution is 5.04. The molecule has 0 aromatic carbocycles. The molecule has 2 unspecified atom stereocenters. The van der Waals surface area contributed by atoms with Crippen LogP contribution in [0.15, 0.2) is 18.6 Å². The minimum absolute atomic E-state index is 0.163. The van der Waals surface area contributed by atoms with Crippen LogP contribution in [0.2, 0.25) is 0 Å². The van der Waals surface area contributed by atoms with Crippen molar-refractivity contribution in [3.8, 4) is 0 Å². The van der Waals surface area contributed by atoms with Crippen molar-refractivity contribution in [2.75, 3.05) is 0 Å². The summed E-state index contributed by atoms with van der Waals surface area (Å²) in [7, 11) is 0. The summed E-state index contributed by atoms with van der Waals surface area (Å²) in [5, 5.41) is 0. The lowest BCUT2D eigenvalue weighted by Gasteiger charge is -2.19. The van der Waals surface area contributed by atoms with Crippen LogP contribution in [0, 0.1) is 0 Å². The van der Waals surface area contributed by atoms with E-state index in [2.05, 4.69) is 9.97 Å². The lowest BCUT2D eigenvalue weighted by molar-refractivity contribution is 0.476. The molecule has 0 aliphatic carbocycles. The van der Waals surface area contributed by atoms with E-state index in [0.717, 1.165) is 18.5 Å². The van der Waals surface area contributed by atoms with Gasteiger partial charge in [0, 0.05) is 36.6 Å². The van der Waals surface area contributed by atoms with E-state index < -0.39 is 0 Å². The maximum atomic E-state index is 5.82. The molecule has 0 aliphatic heterocycles. The van der Waals surface area contributed by atoms with Gasteiger partial charge in [0.2, 0.25) is 0 Å². The maximum Gasteiger partial charge on any atom is 0.0618 e. The molecule has 4 nitrogen and oxygen atoms in total. The molecule has 1 aromatic heterocycles. The van der Waals surface area contributed by atoms with Crippen molar-refractivity contribution < 1.29 is 0 Å². The van der Waals surface area contributed by atoms with E-state index in [1.165, 1.54) is 0 Å². The van der Waals surface area contributed by atoms with Crippen LogP contribution in [0.25, 0.3) is 0 Å². The van der Waals surface area contributed by atoms with E-state index in [1.807, 2.05) is 13.8 Å². The van der Waals surface area contributed by atoms with Crippen LogP contribution in [-0.2, 0) is 0 Å². The Morgan fingerprint density at radius 3 is 2.13 bits per heavy atom. The van der Waals surface area contributed by atoms with Crippen molar-refractivity contribution in [1.29, 1.82) is 0 Å². The van der Waals surface area contributed by atoms with Crippen LogP contribution in [0.3, 0.4) is 0 Å². The van der Waals surface area contributed by atoms with Crippen molar-refractivity contribution in [3.05, 3.63) is 24.3 Å². The second kappa shape index (κ2) is 5.78. The van der Waals surface area contributed by atoms with Gasteiger partial charge in [0.05, 0.1) is 5.69 Å². The van der Waals surface area contributed by atoms with Gasteiger partial charge in [0.25, 0.3) is 0 Å². The molecule has 0 amide bonds. The third-order valence-electron chi connectivity index (χ3n) is 2.31. The molecule has 0 fully saturated rings. The van der Waals surface area contributed by atoms with Crippen molar-refractivity contribution in [2.45, 2.75) is 44.7 Å². The van der Waals surface area contributed by atoms with E-state index in [9.17, 15) is 0 Å². The van der Waals surface area contributed by atoms with Crippen molar-refractivity contribution in [2.24, 2.45) is 11.5 Å². The summed E-state index contributed by atoms with van der Waals surface area (Å²) in [6, 6.07) is 0.325. The molecule has 0 saturated heterocycles. The number of nitrogens with zero attached hydrogens (tertiary/aromatic N) is 2. The minimum atomic E-state index is 0.163. The molecular formula is C11H20N4. The third kappa shape index (κ3) is 4.36. The molecular weight excluding hydrogens is 188 g/mol. The van der Waals surface area contributed by atoms with Crippen LogP contribution < -0.4 is 11.5 Å². The van der Waals surface area contributed by atoms with Gasteiger partial charge in [-0.2, -0.15) is 0 Å². The fraction of sp³-hybridized carbons (Fsp3) is 0.636. The molecule has 1 heterocycles. The van der Waals surface area contributed by atoms with Gasteiger partial charge in [0.1, 0.15) is 0 Å². The summed E-state index contributed by atoms with van der Waals surface area (Å²) in [6.45, 7) is 4.01. The average molecular weight is 208 g/mol. The summed E-state index contributed by atoms with van der Waals surface area (Å²) in [6.07, 6.45) is 7.00. The SMILES string of the molecule is CC(N)CC(CC(C)N)c1cnccn1. The van der Waals surface area contributed by atoms with Gasteiger partial charge >= 0.3 is 0 Å². The second-order valence-electron chi connectivity index (χ2n) is 4.25. The number of hydrogen-bond donors (Lipinski definition) is 2. The van der Waals surface area contributed by atoms with E-state index in [0.29, 0.717) is 5.92 Å². The lowest BCUT2D eigenvalue weighted by atomic mass is 9.91. The van der Waals surface area contributed by atoms with E-state index in [4.69, 9.17) is 11.5 Å². The quantitative estimate of drug-likeness (QED) is 0.757. The largest absolute Gasteiger partial charge is 0.328 e. The molecule has 4 heteroatoms. The molecule has 15 heavy (non-hydrogen) atoms. The van der Waals surface area contributed by atoms with Crippen LogP contribution in [-0.4, -0.2) is 22.1 Å². The van der Waals surface area contributed by atoms with Gasteiger partial charge in [-0.05, 0) is 26.7 Å². The normalized spacial score (nSPS) is 17.1. The minimum Gasteiger partial charge on any atom is -0.328 e. The van der Waals surface area contributed by atoms with Crippen LogP contribution in [0.1, 0.15) is 38.3 Å². The zero-order chi connectivity index (χ0) is 11.3. The van der Waals surface area contributed by atoms with Gasteiger partial charge in [-0.15, -0.1) is 0 Å². The Morgan fingerprint density at radius 2 is 1.73 bits per heavy atom. The Labute approximate surface area is 91.1 Å². The molecule has 0 aliphatic rings. The molecule has 4 N–H and O–H groups in total. The first-order chi connectivity index (χ1) is 7.09. The highest BCUT2D eigenvalue weighted by Crippen LogP contribution is 2.22. The van der Waals surface area contributed by atoms with E-state index in [1.54, 1.807) is 18.6 Å². The smallest absolute Gasteiger partial charge is 0.0618 e. The predicted molar refractivity (Wildman–Crippen MR) is 61.3 cm³/mol. The van der Waals surface area contributed by atoms with Gasteiger partial charge in [0.15, 0.2) is 0 Å². The Bertz CT molecular complexity index is 261. The number of aromatic nitrogens is 2. The average Bonchev–Trinajstić information content (AvgIpc) is 2.17. The number of rotatable bonds is 5. The fourth-order valence-corrected chi connectivity index (χ4v) is 1.76. The summed E-state index contributed by atoms with van der Waals surface area (Å²) in [4.78, 5) is 8.39. The highest BCUT2D eigenvalue weighted by Gasteiger charge is 2.16. The second-order valence-corrected chi connectivity index (χ2v) is 4.25. The summed E-state index contributed by atoms with van der Waals surface area (Å²) < 4.78 is 0. The number of hydrogen-bond acceptors (Lipinski definition) is 4. The standard InChI is InChI=1S/C11H20N4/c1-8(12)5-10(6-9(2)13)11-7-14-3-4-15-11/h3-4,7-10H,5-6,12-13H2,1-2H3. The van der Waals surface area contributed by atoms with Gasteiger partial charge in [-0.25, -0.2) is 0 Å². The van der Waals surface area contributed by atoms with Crippen LogP contribution in [0.4, 0.5) is 0 Å². The molecule has 0 bridgehead atoms.